The predicted octanol–water partition coefficient (Wildman–Crippen LogP) is 9.12. The molecule has 0 unspecified atom stereocenters. The third kappa shape index (κ3) is 18.6. The van der Waals surface area contributed by atoms with Gasteiger partial charge in [0.1, 0.15) is 12.4 Å². The second-order valence-electron chi connectivity index (χ2n) is 22.6. The maximum Gasteiger partial charge on any atom is 0.406 e. The molecule has 2 heterocycles. The topological polar surface area (TPSA) is 229 Å². The van der Waals surface area contributed by atoms with Crippen LogP contribution in [0, 0.1) is 18.8 Å². The van der Waals surface area contributed by atoms with Gasteiger partial charge in [-0.3, -0.25) is 24.0 Å². The minimum atomic E-state index is -1.99. The molecule has 0 aromatic heterocycles. The molecule has 0 bridgehead atoms. The Morgan fingerprint density at radius 1 is 0.886 bits per heavy atom. The van der Waals surface area contributed by atoms with Gasteiger partial charge in [-0.2, -0.15) is 0 Å². The van der Waals surface area contributed by atoms with Gasteiger partial charge in [0.2, 0.25) is 5.91 Å². The van der Waals surface area contributed by atoms with Crippen LogP contribution >= 0.6 is 0 Å². The molecule has 5 rings (SSSR count). The number of hydrogen-bond donors (Lipinski definition) is 5. The molecule has 2 fully saturated rings. The van der Waals surface area contributed by atoms with Crippen LogP contribution in [0.25, 0.3) is 0 Å². The van der Waals surface area contributed by atoms with Crippen LogP contribution in [0.4, 0.5) is 11.4 Å². The number of aryl methyl sites for hydroxylation is 1. The van der Waals surface area contributed by atoms with E-state index < -0.39 is 33.3 Å². The summed E-state index contributed by atoms with van der Waals surface area (Å²) in [6.45, 7) is 35.8. The van der Waals surface area contributed by atoms with E-state index in [1.165, 1.54) is 13.2 Å². The number of nitrogens with one attached hydrogen (secondary N) is 2. The molecule has 6 N–H and O–H groups in total. The number of Topliss-reactive ketones (excluding diaryl/α,β-unsaturated/α-hetero) is 1. The summed E-state index contributed by atoms with van der Waals surface area (Å²) in [5.41, 5.74) is 12.5. The summed E-state index contributed by atoms with van der Waals surface area (Å²) in [6, 6.07) is 13.3. The lowest BCUT2D eigenvalue weighted by atomic mass is 9.87. The summed E-state index contributed by atoms with van der Waals surface area (Å²) in [7, 11) is -1.36. The molecule has 3 amide bonds. The molecule has 2 aliphatic heterocycles. The Bertz CT molecular complexity index is 2630. The summed E-state index contributed by atoms with van der Waals surface area (Å²) >= 11 is 0. The minimum absolute atomic E-state index is 0.0408. The lowest BCUT2D eigenvalue weighted by molar-refractivity contribution is -0.146. The first-order valence-corrected chi connectivity index (χ1v) is 30.3. The summed E-state index contributed by atoms with van der Waals surface area (Å²) in [5.74, 6) is -0.430. The number of likely N-dealkylation sites (tertiary alicyclic amines) is 2. The van der Waals surface area contributed by atoms with Crippen LogP contribution in [-0.4, -0.2) is 130 Å². The number of rotatable bonds is 26. The van der Waals surface area contributed by atoms with Crippen molar-refractivity contribution in [2.24, 2.45) is 11.8 Å². The molecular formula is C60H88BN5O12Si. The molecule has 0 radical (unpaired) electrons. The molecule has 17 nitrogen and oxygen atoms in total. The smallest absolute Gasteiger partial charge is 0.406 e. The highest BCUT2D eigenvalue weighted by Gasteiger charge is 2.40. The largest absolute Gasteiger partial charge is 0.493 e. The number of hydrogen-bond acceptors (Lipinski definition) is 14. The second kappa shape index (κ2) is 29.7. The van der Waals surface area contributed by atoms with E-state index in [4.69, 9.17) is 34.2 Å². The fraction of sp³-hybridized carbons (Fsp3) is 0.517. The maximum atomic E-state index is 13.8. The summed E-state index contributed by atoms with van der Waals surface area (Å²) in [6.07, 6.45) is 4.45. The van der Waals surface area contributed by atoms with Crippen molar-refractivity contribution in [1.82, 2.24) is 15.1 Å². The molecule has 432 valence electrons. The summed E-state index contributed by atoms with van der Waals surface area (Å²) < 4.78 is 29.2. The van der Waals surface area contributed by atoms with Gasteiger partial charge in [-0.1, -0.05) is 103 Å². The van der Waals surface area contributed by atoms with Crippen LogP contribution in [0.3, 0.4) is 0 Å². The zero-order chi connectivity index (χ0) is 58.9. The number of esters is 1. The molecule has 0 aliphatic carbocycles. The van der Waals surface area contributed by atoms with Crippen LogP contribution < -0.4 is 30.5 Å². The van der Waals surface area contributed by atoms with E-state index >= 15 is 0 Å². The number of benzene rings is 3. The molecule has 0 spiro atoms. The quantitative estimate of drug-likeness (QED) is 0.0166. The number of anilines is 2. The van der Waals surface area contributed by atoms with Crippen LogP contribution in [0.5, 0.6) is 17.2 Å². The molecule has 19 heteroatoms. The highest BCUT2D eigenvalue weighted by molar-refractivity contribution is 6.74. The van der Waals surface area contributed by atoms with E-state index in [2.05, 4.69) is 71.1 Å². The average Bonchev–Trinajstić information content (AvgIpc) is 4.02. The first kappa shape index (κ1) is 65.1. The van der Waals surface area contributed by atoms with Gasteiger partial charge in [0, 0.05) is 55.5 Å². The minimum Gasteiger partial charge on any atom is -0.493 e. The monoisotopic (exact) mass is 1110 g/mol. The van der Waals surface area contributed by atoms with Crippen molar-refractivity contribution in [2.75, 3.05) is 57.6 Å². The Balaban J connectivity index is 0.000000419. The third-order valence-electron chi connectivity index (χ3n) is 14.7. The van der Waals surface area contributed by atoms with Crippen molar-refractivity contribution >= 4 is 56.2 Å². The molecule has 3 aromatic carbocycles. The second-order valence-corrected chi connectivity index (χ2v) is 27.4. The van der Waals surface area contributed by atoms with Crippen molar-refractivity contribution in [2.45, 2.75) is 144 Å². The van der Waals surface area contributed by atoms with Gasteiger partial charge in [-0.25, -0.2) is 0 Å². The van der Waals surface area contributed by atoms with Crippen molar-refractivity contribution in [3.63, 3.8) is 0 Å². The predicted molar refractivity (Wildman–Crippen MR) is 315 cm³/mol. The number of carbonyl (C=O) groups is 5. The zero-order valence-corrected chi connectivity index (χ0v) is 49.9. The fourth-order valence-corrected chi connectivity index (χ4v) is 9.98. The summed E-state index contributed by atoms with van der Waals surface area (Å²) in [4.78, 5) is 67.9. The summed E-state index contributed by atoms with van der Waals surface area (Å²) in [5, 5.41) is 25.0. The number of carbonyl (C=O) groups excluding carboxylic acids is 5. The van der Waals surface area contributed by atoms with Gasteiger partial charge in [0.15, 0.2) is 25.6 Å². The Hall–Kier alpha value is -6.41. The molecule has 79 heavy (non-hydrogen) atoms. The van der Waals surface area contributed by atoms with Crippen molar-refractivity contribution < 1.29 is 57.5 Å². The van der Waals surface area contributed by atoms with E-state index in [0.717, 1.165) is 40.7 Å². The number of nitrogen functional groups attached to an aromatic ring is 1. The molecule has 0 saturated carbocycles. The van der Waals surface area contributed by atoms with Crippen LogP contribution in [0.15, 0.2) is 85.5 Å². The van der Waals surface area contributed by atoms with E-state index in [-0.39, 0.29) is 72.6 Å². The molecular weight excluding hydrogens is 1020 g/mol. The first-order valence-electron chi connectivity index (χ1n) is 27.3. The highest BCUT2D eigenvalue weighted by atomic mass is 28.4. The van der Waals surface area contributed by atoms with Crippen molar-refractivity contribution in [3.05, 3.63) is 113 Å². The number of amides is 3. The van der Waals surface area contributed by atoms with Crippen LogP contribution in [-0.2, 0) is 36.6 Å². The van der Waals surface area contributed by atoms with Gasteiger partial charge >= 0.3 is 13.0 Å². The Labute approximate surface area is 470 Å². The number of nitrogens with two attached hydrogens (primary N) is 1. The number of methoxy groups -OCH3 is 1. The molecule has 2 saturated heterocycles. The van der Waals surface area contributed by atoms with E-state index in [1.807, 2.05) is 30.6 Å². The number of ether oxygens (including phenoxy) is 4. The van der Waals surface area contributed by atoms with Gasteiger partial charge in [-0.05, 0) is 92.8 Å². The van der Waals surface area contributed by atoms with E-state index in [1.54, 1.807) is 62.3 Å². The van der Waals surface area contributed by atoms with Crippen molar-refractivity contribution in [1.29, 1.82) is 0 Å². The fourth-order valence-electron chi connectivity index (χ4n) is 8.94. The Kier molecular flexibility index (Phi) is 24.5. The molecule has 3 aromatic rings. The normalized spacial score (nSPS) is 16.1. The number of aliphatic hydroxyl groups excluding tert-OH is 1. The number of ketones is 1. The van der Waals surface area contributed by atoms with E-state index in [9.17, 15) is 29.0 Å². The molecule has 4 atom stereocenters. The zero-order valence-electron chi connectivity index (χ0n) is 48.9. The van der Waals surface area contributed by atoms with E-state index in [0.29, 0.717) is 85.5 Å². The van der Waals surface area contributed by atoms with Gasteiger partial charge < -0.3 is 59.6 Å². The standard InChI is InChI=1S/C39H59BN4O7Si.C21H29NO5/c1-12-28-16-25(2)22-43(28)38(46)31-19-35(48-9)36(21-33(31)42-40(8)47)50-15-13-14-49-34-20-32(41)30(18-27(34)4)37(45)44-23-26(3)17-29(44)24-51-52(10,11)39(5,6)7;1-5-10-27-20(25)12-18(14(2)3)21(26)22-15(4)19(24)11-16-6-8-17(13-23)9-7-16/h18-21,28-29,42,47H,2-3,12-17,22-24,41H2,1,4-11H3;5-9,14-15,18,23H,1,10-13H2,2-4H3,(H,22,26)/t28-,29+;15-,18-/m10/s1. The van der Waals surface area contributed by atoms with Gasteiger partial charge in [-0.15, -0.1) is 0 Å². The van der Waals surface area contributed by atoms with Crippen molar-refractivity contribution in [3.8, 4) is 17.2 Å². The Morgan fingerprint density at radius 3 is 2.03 bits per heavy atom. The third-order valence-corrected chi connectivity index (χ3v) is 19.3. The SMILES string of the molecule is C=C1C[C@@H](CO[Si](C)(C)C(C)(C)C)N(C(=O)c2cc(C)c(OCCCOc3cc(NB(C)O)c(C(=O)N4CC(=C)C[C@H]4CC)cc3OC)cc2N)C1.C=CCOC(=O)C[C@H](C(=O)N[C@@H](C)C(=O)Cc1ccc(CO)cc1)C(C)C. The highest BCUT2D eigenvalue weighted by Crippen LogP contribution is 2.39. The van der Waals surface area contributed by atoms with Crippen LogP contribution in [0.1, 0.15) is 118 Å². The van der Waals surface area contributed by atoms with Crippen LogP contribution in [0.2, 0.25) is 25.0 Å². The number of nitrogens with zero attached hydrogens (tertiary/aromatic N) is 2. The maximum absolute atomic E-state index is 13.8. The lowest BCUT2D eigenvalue weighted by Gasteiger charge is -2.38. The number of aliphatic hydroxyl groups is 1. The lowest BCUT2D eigenvalue weighted by Crippen LogP contribution is -2.46. The van der Waals surface area contributed by atoms with Gasteiger partial charge in [0.05, 0.1) is 69.1 Å². The average molecular weight is 1110 g/mol. The Morgan fingerprint density at radius 2 is 1.47 bits per heavy atom. The molecule has 2 aliphatic rings. The van der Waals surface area contributed by atoms with Gasteiger partial charge in [0.25, 0.3) is 11.8 Å². The first-order chi connectivity index (χ1) is 37.1.